The van der Waals surface area contributed by atoms with Gasteiger partial charge < -0.3 is 15.1 Å². The van der Waals surface area contributed by atoms with Crippen molar-refractivity contribution in [2.24, 2.45) is 0 Å². The number of aliphatic hydroxyl groups excluding tert-OH is 1. The summed E-state index contributed by atoms with van der Waals surface area (Å²) in [5.74, 6) is -1.12. The quantitative estimate of drug-likeness (QED) is 0.823. The van der Waals surface area contributed by atoms with E-state index in [2.05, 4.69) is 0 Å². The maximum atomic E-state index is 12.2. The molecular formula is C15H19NO4S. The summed E-state index contributed by atoms with van der Waals surface area (Å²) >= 11 is 1.41. The first kappa shape index (κ1) is 15.9. The molecule has 0 spiro atoms. The third-order valence-corrected chi connectivity index (χ3v) is 4.72. The lowest BCUT2D eigenvalue weighted by Gasteiger charge is -2.21. The van der Waals surface area contributed by atoms with Gasteiger partial charge in [-0.1, -0.05) is 17.7 Å². The topological polar surface area (TPSA) is 77.8 Å². The third-order valence-electron chi connectivity index (χ3n) is 3.58. The van der Waals surface area contributed by atoms with Crippen molar-refractivity contribution in [1.82, 2.24) is 4.90 Å². The summed E-state index contributed by atoms with van der Waals surface area (Å²) in [5.41, 5.74) is 2.21. The fourth-order valence-corrected chi connectivity index (χ4v) is 3.42. The summed E-state index contributed by atoms with van der Waals surface area (Å²) in [7, 11) is 0. The summed E-state index contributed by atoms with van der Waals surface area (Å²) in [5, 5.41) is 18.7. The number of carboxylic acids is 1. The first-order chi connectivity index (χ1) is 9.88. The summed E-state index contributed by atoms with van der Waals surface area (Å²) in [4.78, 5) is 25.6. The molecule has 1 saturated heterocycles. The lowest BCUT2D eigenvalue weighted by Crippen LogP contribution is -2.41. The number of thioether (sulfide) groups is 1. The van der Waals surface area contributed by atoms with Crippen molar-refractivity contribution >= 4 is 23.6 Å². The second kappa shape index (κ2) is 6.49. The number of carbonyl (C=O) groups is 2. The molecule has 2 atom stereocenters. The largest absolute Gasteiger partial charge is 0.480 e. The smallest absolute Gasteiger partial charge is 0.326 e. The van der Waals surface area contributed by atoms with Crippen LogP contribution in [0.1, 0.15) is 17.5 Å². The molecule has 1 aromatic carbocycles. The Morgan fingerprint density at radius 3 is 2.76 bits per heavy atom. The highest BCUT2D eigenvalue weighted by atomic mass is 32.2. The molecule has 2 rings (SSSR count). The average Bonchev–Trinajstić information content (AvgIpc) is 2.82. The number of aliphatic hydroxyl groups is 1. The fraction of sp³-hybridized carbons (Fsp3) is 0.467. The predicted molar refractivity (Wildman–Crippen MR) is 80.4 cm³/mol. The van der Waals surface area contributed by atoms with Crippen LogP contribution in [0.4, 0.5) is 0 Å². The van der Waals surface area contributed by atoms with Gasteiger partial charge in [0, 0.05) is 17.9 Å². The summed E-state index contributed by atoms with van der Waals surface area (Å²) in [6, 6.07) is 5.12. The van der Waals surface area contributed by atoms with Crippen molar-refractivity contribution in [1.29, 1.82) is 0 Å². The molecule has 2 N–H and O–H groups in total. The second-order valence-corrected chi connectivity index (χ2v) is 6.36. The number of carboxylic acid groups (broad SMARTS) is 1. The Bertz CT molecular complexity index is 561. The van der Waals surface area contributed by atoms with Crippen LogP contribution in [0.3, 0.4) is 0 Å². The summed E-state index contributed by atoms with van der Waals surface area (Å²) in [6.07, 6.45) is -0.643. The van der Waals surface area contributed by atoms with Crippen LogP contribution in [0.25, 0.3) is 0 Å². The van der Waals surface area contributed by atoms with Gasteiger partial charge in [0.15, 0.2) is 0 Å². The number of likely N-dealkylation sites (tertiary alicyclic amines) is 1. The van der Waals surface area contributed by atoms with Gasteiger partial charge in [-0.15, -0.1) is 11.8 Å². The van der Waals surface area contributed by atoms with Crippen LogP contribution < -0.4 is 0 Å². The van der Waals surface area contributed by atoms with E-state index in [0.29, 0.717) is 0 Å². The van der Waals surface area contributed by atoms with E-state index < -0.39 is 18.1 Å². The molecule has 0 bridgehead atoms. The van der Waals surface area contributed by atoms with E-state index in [0.717, 1.165) is 16.0 Å². The third kappa shape index (κ3) is 3.77. The van der Waals surface area contributed by atoms with Gasteiger partial charge >= 0.3 is 5.97 Å². The molecule has 1 aliphatic heterocycles. The monoisotopic (exact) mass is 309 g/mol. The van der Waals surface area contributed by atoms with Crippen molar-refractivity contribution in [3.63, 3.8) is 0 Å². The van der Waals surface area contributed by atoms with Gasteiger partial charge in [-0.3, -0.25) is 4.79 Å². The lowest BCUT2D eigenvalue weighted by atomic mass is 10.2. The number of hydrogen-bond donors (Lipinski definition) is 2. The first-order valence-corrected chi connectivity index (χ1v) is 7.77. The molecule has 1 heterocycles. The summed E-state index contributed by atoms with van der Waals surface area (Å²) in [6.45, 7) is 4.07. The van der Waals surface area contributed by atoms with Crippen LogP contribution in [-0.4, -0.2) is 51.4 Å². The average molecular weight is 309 g/mol. The molecule has 0 aromatic heterocycles. The highest BCUT2D eigenvalue weighted by Gasteiger charge is 2.38. The molecule has 0 unspecified atom stereocenters. The van der Waals surface area contributed by atoms with Crippen LogP contribution >= 0.6 is 11.8 Å². The maximum Gasteiger partial charge on any atom is 0.326 e. The molecule has 21 heavy (non-hydrogen) atoms. The van der Waals surface area contributed by atoms with E-state index in [1.807, 2.05) is 32.0 Å². The molecule has 0 saturated carbocycles. The molecule has 1 aliphatic rings. The number of rotatable bonds is 4. The Morgan fingerprint density at radius 2 is 2.10 bits per heavy atom. The van der Waals surface area contributed by atoms with E-state index >= 15 is 0 Å². The maximum absolute atomic E-state index is 12.2. The zero-order valence-electron chi connectivity index (χ0n) is 12.1. The Labute approximate surface area is 128 Å². The van der Waals surface area contributed by atoms with E-state index in [1.165, 1.54) is 16.7 Å². The molecule has 1 aromatic rings. The number of benzene rings is 1. The zero-order chi connectivity index (χ0) is 15.6. The van der Waals surface area contributed by atoms with Crippen LogP contribution in [0.2, 0.25) is 0 Å². The molecule has 1 amide bonds. The molecule has 0 aliphatic carbocycles. The first-order valence-electron chi connectivity index (χ1n) is 6.79. The number of aryl methyl sites for hydroxylation is 2. The number of carbonyl (C=O) groups excluding carboxylic acids is 1. The standard InChI is InChI=1S/C15H19NO4S/c1-9-3-4-10(2)13(5-9)21-8-14(18)16-7-11(17)6-12(16)15(19)20/h3-5,11-12,17H,6-8H2,1-2H3,(H,19,20)/t11-,12+/m1/s1. The Morgan fingerprint density at radius 1 is 1.38 bits per heavy atom. The van der Waals surface area contributed by atoms with Gasteiger partial charge in [-0.25, -0.2) is 4.79 Å². The van der Waals surface area contributed by atoms with Crippen LogP contribution in [0, 0.1) is 13.8 Å². The van der Waals surface area contributed by atoms with E-state index in [9.17, 15) is 14.7 Å². The molecule has 6 heteroatoms. The minimum atomic E-state index is -1.06. The SMILES string of the molecule is Cc1ccc(C)c(SCC(=O)N2C[C@H](O)C[C@H]2C(=O)O)c1. The number of nitrogens with zero attached hydrogens (tertiary/aromatic N) is 1. The Balaban J connectivity index is 2.01. The Kier molecular flexibility index (Phi) is 4.90. The molecule has 1 fully saturated rings. The number of hydrogen-bond acceptors (Lipinski definition) is 4. The lowest BCUT2D eigenvalue weighted by molar-refractivity contribution is -0.147. The van der Waals surface area contributed by atoms with Crippen LogP contribution in [-0.2, 0) is 9.59 Å². The zero-order valence-corrected chi connectivity index (χ0v) is 12.9. The normalized spacial score (nSPS) is 21.6. The predicted octanol–water partition coefficient (Wildman–Crippen LogP) is 1.44. The van der Waals surface area contributed by atoms with Crippen molar-refractivity contribution in [2.75, 3.05) is 12.3 Å². The van der Waals surface area contributed by atoms with Crippen molar-refractivity contribution in [3.8, 4) is 0 Å². The number of aliphatic carboxylic acids is 1. The van der Waals surface area contributed by atoms with Crippen molar-refractivity contribution < 1.29 is 19.8 Å². The van der Waals surface area contributed by atoms with Crippen molar-refractivity contribution in [2.45, 2.75) is 37.3 Å². The highest BCUT2D eigenvalue weighted by Crippen LogP contribution is 2.25. The molecular weight excluding hydrogens is 290 g/mol. The van der Waals surface area contributed by atoms with Crippen LogP contribution in [0.5, 0.6) is 0 Å². The molecule has 0 radical (unpaired) electrons. The van der Waals surface area contributed by atoms with Gasteiger partial charge in [0.25, 0.3) is 0 Å². The highest BCUT2D eigenvalue weighted by molar-refractivity contribution is 8.00. The number of amides is 1. The van der Waals surface area contributed by atoms with Gasteiger partial charge in [0.05, 0.1) is 11.9 Å². The van der Waals surface area contributed by atoms with Crippen molar-refractivity contribution in [3.05, 3.63) is 29.3 Å². The van der Waals surface area contributed by atoms with E-state index in [-0.39, 0.29) is 24.6 Å². The Hall–Kier alpha value is -1.53. The number of β-amino-alcohol motifs (C(OH)–C–C–N with tert-alkyl or cyclic N) is 1. The van der Waals surface area contributed by atoms with E-state index in [4.69, 9.17) is 5.11 Å². The minimum absolute atomic E-state index is 0.100. The molecule has 114 valence electrons. The van der Waals surface area contributed by atoms with Gasteiger partial charge in [0.1, 0.15) is 6.04 Å². The molecule has 5 nitrogen and oxygen atoms in total. The summed E-state index contributed by atoms with van der Waals surface area (Å²) < 4.78 is 0. The van der Waals surface area contributed by atoms with E-state index in [1.54, 1.807) is 0 Å². The van der Waals surface area contributed by atoms with Gasteiger partial charge in [-0.05, 0) is 25.5 Å². The minimum Gasteiger partial charge on any atom is -0.480 e. The van der Waals surface area contributed by atoms with Crippen LogP contribution in [0.15, 0.2) is 23.1 Å². The van der Waals surface area contributed by atoms with Gasteiger partial charge in [-0.2, -0.15) is 0 Å². The fourth-order valence-electron chi connectivity index (χ4n) is 2.41. The second-order valence-electron chi connectivity index (χ2n) is 5.35. The van der Waals surface area contributed by atoms with Gasteiger partial charge in [0.2, 0.25) is 5.91 Å².